The number of thiazole rings is 1. The summed E-state index contributed by atoms with van der Waals surface area (Å²) in [6.07, 6.45) is 0. The average Bonchev–Trinajstić information content (AvgIpc) is 3.52. The Morgan fingerprint density at radius 2 is 1.74 bits per heavy atom. The zero-order chi connectivity index (χ0) is 24.1. The topological polar surface area (TPSA) is 109 Å². The number of benzene rings is 2. The van der Waals surface area contributed by atoms with E-state index < -0.39 is 0 Å². The standard InChI is InChI=1S/C23H22N4O5S2/c1-13-5-7-14(8-6-13)16-11-33-22(24-16)25-19(28)12-34-23-27-26-21(32-23)15-9-17(29-2)20(31-4)18(10-15)30-3/h5-11H,12H2,1-4H3,(H,24,25,28). The molecule has 4 aromatic rings. The van der Waals surface area contributed by atoms with Gasteiger partial charge in [-0.1, -0.05) is 41.6 Å². The maximum Gasteiger partial charge on any atom is 0.277 e. The van der Waals surface area contributed by atoms with Crippen LogP contribution in [0.4, 0.5) is 5.13 Å². The number of aromatic nitrogens is 3. The van der Waals surface area contributed by atoms with Crippen LogP contribution in [-0.4, -0.2) is 48.2 Å². The number of carbonyl (C=O) groups is 1. The van der Waals surface area contributed by atoms with Gasteiger partial charge < -0.3 is 23.9 Å². The Morgan fingerprint density at radius 3 is 2.38 bits per heavy atom. The van der Waals surface area contributed by atoms with Gasteiger partial charge in [-0.15, -0.1) is 21.5 Å². The Balaban J connectivity index is 1.38. The lowest BCUT2D eigenvalue weighted by molar-refractivity contribution is -0.113. The van der Waals surface area contributed by atoms with Gasteiger partial charge >= 0.3 is 0 Å². The van der Waals surface area contributed by atoms with Crippen molar-refractivity contribution >= 4 is 34.1 Å². The van der Waals surface area contributed by atoms with E-state index in [-0.39, 0.29) is 22.8 Å². The Bertz CT molecular complexity index is 1260. The molecular formula is C23H22N4O5S2. The van der Waals surface area contributed by atoms with E-state index in [1.165, 1.54) is 38.2 Å². The number of amides is 1. The fourth-order valence-corrected chi connectivity index (χ4v) is 4.36. The van der Waals surface area contributed by atoms with Gasteiger partial charge in [0.05, 0.1) is 32.8 Å². The minimum absolute atomic E-state index is 0.0936. The fourth-order valence-electron chi connectivity index (χ4n) is 3.06. The smallest absolute Gasteiger partial charge is 0.277 e. The van der Waals surface area contributed by atoms with Crippen molar-refractivity contribution in [3.8, 4) is 40.0 Å². The first-order valence-electron chi connectivity index (χ1n) is 10.1. The third-order valence-corrected chi connectivity index (χ3v) is 6.32. The highest BCUT2D eigenvalue weighted by atomic mass is 32.2. The molecule has 0 radical (unpaired) electrons. The highest BCUT2D eigenvalue weighted by Crippen LogP contribution is 2.41. The largest absolute Gasteiger partial charge is 0.493 e. The molecule has 0 spiro atoms. The van der Waals surface area contributed by atoms with Crippen molar-refractivity contribution in [1.82, 2.24) is 15.2 Å². The highest BCUT2D eigenvalue weighted by molar-refractivity contribution is 7.99. The molecule has 4 rings (SSSR count). The fraction of sp³-hybridized carbons (Fsp3) is 0.217. The Hall–Kier alpha value is -3.57. The Morgan fingerprint density at radius 1 is 1.03 bits per heavy atom. The summed E-state index contributed by atoms with van der Waals surface area (Å²) in [6, 6.07) is 11.5. The third kappa shape index (κ3) is 5.32. The molecule has 1 N–H and O–H groups in total. The first kappa shape index (κ1) is 23.6. The molecule has 0 saturated heterocycles. The van der Waals surface area contributed by atoms with Crippen LogP contribution in [-0.2, 0) is 4.79 Å². The number of nitrogens with one attached hydrogen (secondary N) is 1. The molecule has 0 fully saturated rings. The van der Waals surface area contributed by atoms with E-state index in [4.69, 9.17) is 18.6 Å². The quantitative estimate of drug-likeness (QED) is 0.321. The van der Waals surface area contributed by atoms with Crippen LogP contribution in [0.25, 0.3) is 22.7 Å². The zero-order valence-electron chi connectivity index (χ0n) is 18.9. The van der Waals surface area contributed by atoms with Crippen LogP contribution in [0.5, 0.6) is 17.2 Å². The number of ether oxygens (including phenoxy) is 3. The summed E-state index contributed by atoms with van der Waals surface area (Å²) in [6.45, 7) is 2.03. The van der Waals surface area contributed by atoms with Gasteiger partial charge in [0.2, 0.25) is 17.5 Å². The van der Waals surface area contributed by atoms with E-state index in [1.54, 1.807) is 12.1 Å². The highest BCUT2D eigenvalue weighted by Gasteiger charge is 2.18. The SMILES string of the molecule is COc1cc(-c2nnc(SCC(=O)Nc3nc(-c4ccc(C)cc4)cs3)o2)cc(OC)c1OC. The number of carbonyl (C=O) groups excluding carboxylic acids is 1. The number of nitrogens with zero attached hydrogens (tertiary/aromatic N) is 3. The minimum atomic E-state index is -0.220. The lowest BCUT2D eigenvalue weighted by atomic mass is 10.1. The van der Waals surface area contributed by atoms with E-state index in [0.717, 1.165) is 23.0 Å². The van der Waals surface area contributed by atoms with Crippen molar-refractivity contribution in [1.29, 1.82) is 0 Å². The van der Waals surface area contributed by atoms with Crippen LogP contribution in [0.1, 0.15) is 5.56 Å². The number of methoxy groups -OCH3 is 3. The lowest BCUT2D eigenvalue weighted by Gasteiger charge is -2.12. The second-order valence-electron chi connectivity index (χ2n) is 7.03. The summed E-state index contributed by atoms with van der Waals surface area (Å²) in [5, 5.41) is 13.6. The molecule has 1 amide bonds. The van der Waals surface area contributed by atoms with Crippen LogP contribution < -0.4 is 19.5 Å². The maximum absolute atomic E-state index is 12.4. The molecule has 0 atom stereocenters. The summed E-state index contributed by atoms with van der Waals surface area (Å²) >= 11 is 2.51. The van der Waals surface area contributed by atoms with Crippen molar-refractivity contribution in [3.63, 3.8) is 0 Å². The van der Waals surface area contributed by atoms with Crippen molar-refractivity contribution < 1.29 is 23.4 Å². The molecular weight excluding hydrogens is 476 g/mol. The normalized spacial score (nSPS) is 10.7. The zero-order valence-corrected chi connectivity index (χ0v) is 20.6. The maximum atomic E-state index is 12.4. The summed E-state index contributed by atoms with van der Waals surface area (Å²) < 4.78 is 21.8. The second kappa shape index (κ2) is 10.6. The van der Waals surface area contributed by atoms with E-state index in [9.17, 15) is 4.79 Å². The summed E-state index contributed by atoms with van der Waals surface area (Å²) in [5.74, 6) is 1.55. The molecule has 0 unspecified atom stereocenters. The van der Waals surface area contributed by atoms with Gasteiger partial charge in [0.15, 0.2) is 16.6 Å². The lowest BCUT2D eigenvalue weighted by Crippen LogP contribution is -2.13. The van der Waals surface area contributed by atoms with Gasteiger partial charge in [-0.2, -0.15) is 0 Å². The van der Waals surface area contributed by atoms with Gasteiger partial charge in [-0.3, -0.25) is 4.79 Å². The molecule has 0 saturated carbocycles. The van der Waals surface area contributed by atoms with E-state index in [0.29, 0.717) is 27.9 Å². The molecule has 2 aromatic heterocycles. The number of anilines is 1. The predicted octanol–water partition coefficient (Wildman–Crippen LogP) is 4.93. The number of thioether (sulfide) groups is 1. The molecule has 0 aliphatic rings. The molecule has 11 heteroatoms. The van der Waals surface area contributed by atoms with Crippen LogP contribution in [0.15, 0.2) is 51.4 Å². The van der Waals surface area contributed by atoms with Crippen LogP contribution in [0, 0.1) is 6.92 Å². The van der Waals surface area contributed by atoms with E-state index >= 15 is 0 Å². The molecule has 0 aliphatic carbocycles. The predicted molar refractivity (Wildman–Crippen MR) is 131 cm³/mol. The Labute approximate surface area is 204 Å². The monoisotopic (exact) mass is 498 g/mol. The van der Waals surface area contributed by atoms with Crippen LogP contribution >= 0.6 is 23.1 Å². The molecule has 176 valence electrons. The van der Waals surface area contributed by atoms with E-state index in [1.807, 2.05) is 36.6 Å². The van der Waals surface area contributed by atoms with Gasteiger partial charge in [-0.05, 0) is 19.1 Å². The van der Waals surface area contributed by atoms with Gasteiger partial charge in [0.1, 0.15) is 0 Å². The number of rotatable bonds is 9. The van der Waals surface area contributed by atoms with E-state index in [2.05, 4.69) is 20.5 Å². The van der Waals surface area contributed by atoms with Crippen LogP contribution in [0.3, 0.4) is 0 Å². The average molecular weight is 499 g/mol. The number of aryl methyl sites for hydroxylation is 1. The van der Waals surface area contributed by atoms with Crippen molar-refractivity contribution in [2.45, 2.75) is 12.1 Å². The Kier molecular flexibility index (Phi) is 7.33. The van der Waals surface area contributed by atoms with Crippen LogP contribution in [0.2, 0.25) is 0 Å². The molecule has 34 heavy (non-hydrogen) atoms. The summed E-state index contributed by atoms with van der Waals surface area (Å²) in [4.78, 5) is 16.9. The minimum Gasteiger partial charge on any atom is -0.493 e. The second-order valence-corrected chi connectivity index (χ2v) is 8.81. The third-order valence-electron chi connectivity index (χ3n) is 4.74. The van der Waals surface area contributed by atoms with Gasteiger partial charge in [0.25, 0.3) is 5.22 Å². The summed E-state index contributed by atoms with van der Waals surface area (Å²) in [7, 11) is 4.59. The number of hydrogen-bond acceptors (Lipinski definition) is 10. The first-order chi connectivity index (χ1) is 16.5. The molecule has 2 heterocycles. The molecule has 9 nitrogen and oxygen atoms in total. The molecule has 0 aliphatic heterocycles. The van der Waals surface area contributed by atoms with Gasteiger partial charge in [-0.25, -0.2) is 4.98 Å². The molecule has 2 aromatic carbocycles. The number of hydrogen-bond donors (Lipinski definition) is 1. The van der Waals surface area contributed by atoms with Crippen molar-refractivity contribution in [2.24, 2.45) is 0 Å². The van der Waals surface area contributed by atoms with Crippen molar-refractivity contribution in [2.75, 3.05) is 32.4 Å². The molecule has 0 bridgehead atoms. The first-order valence-corrected chi connectivity index (χ1v) is 12.0. The summed E-state index contributed by atoms with van der Waals surface area (Å²) in [5.41, 5.74) is 3.60. The van der Waals surface area contributed by atoms with Gasteiger partial charge in [0, 0.05) is 16.5 Å². The van der Waals surface area contributed by atoms with Crippen molar-refractivity contribution in [3.05, 3.63) is 47.3 Å².